The zero-order valence-electron chi connectivity index (χ0n) is 10.7. The van der Waals surface area contributed by atoms with Crippen LogP contribution in [0.15, 0.2) is 30.5 Å². The van der Waals surface area contributed by atoms with Gasteiger partial charge in [-0.05, 0) is 30.3 Å². The van der Waals surface area contributed by atoms with Gasteiger partial charge in [-0.15, -0.1) is 0 Å². The third kappa shape index (κ3) is 2.17. The molecule has 2 aromatic rings. The number of anilines is 1. The Morgan fingerprint density at radius 2 is 2.14 bits per heavy atom. The Hall–Kier alpha value is -3.33. The monoisotopic (exact) mass is 279 g/mol. The Kier molecular flexibility index (Phi) is 2.81. The lowest BCUT2D eigenvalue weighted by Crippen LogP contribution is -2.03. The van der Waals surface area contributed by atoms with Crippen molar-refractivity contribution in [2.24, 2.45) is 0 Å². The molecule has 3 rings (SSSR count). The molecule has 1 amide bonds. The molecule has 3 N–H and O–H groups in total. The number of rotatable bonds is 2. The third-order valence-electron chi connectivity index (χ3n) is 3.18. The van der Waals surface area contributed by atoms with E-state index in [4.69, 9.17) is 10.4 Å². The number of carbonyl (C=O) groups is 2. The first-order chi connectivity index (χ1) is 10.1. The highest BCUT2D eigenvalue weighted by molar-refractivity contribution is 6.34. The summed E-state index contributed by atoms with van der Waals surface area (Å²) >= 11 is 0. The van der Waals surface area contributed by atoms with Crippen LogP contribution in [-0.4, -0.2) is 22.0 Å². The summed E-state index contributed by atoms with van der Waals surface area (Å²) in [6.45, 7) is 0. The van der Waals surface area contributed by atoms with Crippen molar-refractivity contribution in [2.75, 3.05) is 5.32 Å². The van der Waals surface area contributed by atoms with Crippen LogP contribution in [0, 0.1) is 11.3 Å². The minimum Gasteiger partial charge on any atom is -0.478 e. The summed E-state index contributed by atoms with van der Waals surface area (Å²) in [7, 11) is 0. The maximum absolute atomic E-state index is 12.0. The largest absolute Gasteiger partial charge is 0.478 e. The Bertz CT molecular complexity index is 840. The van der Waals surface area contributed by atoms with Crippen LogP contribution in [0.2, 0.25) is 0 Å². The second-order valence-corrected chi connectivity index (χ2v) is 4.53. The molecule has 102 valence electrons. The van der Waals surface area contributed by atoms with Crippen LogP contribution in [-0.2, 0) is 4.79 Å². The number of benzene rings is 1. The van der Waals surface area contributed by atoms with E-state index in [0.29, 0.717) is 28.1 Å². The van der Waals surface area contributed by atoms with Gasteiger partial charge in [0, 0.05) is 23.1 Å². The van der Waals surface area contributed by atoms with E-state index in [2.05, 4.69) is 10.3 Å². The first-order valence-electron chi connectivity index (χ1n) is 6.08. The summed E-state index contributed by atoms with van der Waals surface area (Å²) in [6, 6.07) is 8.38. The van der Waals surface area contributed by atoms with Gasteiger partial charge in [-0.1, -0.05) is 0 Å². The van der Waals surface area contributed by atoms with Gasteiger partial charge in [0.1, 0.15) is 0 Å². The first-order valence-corrected chi connectivity index (χ1v) is 6.08. The van der Waals surface area contributed by atoms with E-state index >= 15 is 0 Å². The van der Waals surface area contributed by atoms with Crippen molar-refractivity contribution in [3.8, 4) is 6.07 Å². The molecule has 0 fully saturated rings. The first kappa shape index (κ1) is 12.7. The van der Waals surface area contributed by atoms with E-state index in [1.807, 2.05) is 6.07 Å². The van der Waals surface area contributed by atoms with Crippen LogP contribution in [0.1, 0.15) is 27.2 Å². The number of carbonyl (C=O) groups excluding carboxylic acids is 1. The van der Waals surface area contributed by atoms with E-state index in [1.165, 1.54) is 12.3 Å². The lowest BCUT2D eigenvalue weighted by atomic mass is 10.0. The third-order valence-corrected chi connectivity index (χ3v) is 3.18. The predicted octanol–water partition coefficient (Wildman–Crippen LogP) is 2.08. The molecule has 0 spiro atoms. The summed E-state index contributed by atoms with van der Waals surface area (Å²) in [4.78, 5) is 25.6. The van der Waals surface area contributed by atoms with Crippen LogP contribution in [0.4, 0.5) is 5.69 Å². The Balaban J connectivity index is 2.06. The molecule has 2 heterocycles. The molecule has 0 aliphatic carbocycles. The zero-order valence-corrected chi connectivity index (χ0v) is 10.7. The lowest BCUT2D eigenvalue weighted by Gasteiger charge is -1.98. The number of fused-ring (bicyclic) bond motifs is 1. The second kappa shape index (κ2) is 4.65. The number of nitrogens with zero attached hydrogens (tertiary/aromatic N) is 1. The van der Waals surface area contributed by atoms with Crippen molar-refractivity contribution in [3.63, 3.8) is 0 Å². The number of aromatic amines is 1. The Morgan fingerprint density at radius 3 is 2.81 bits per heavy atom. The summed E-state index contributed by atoms with van der Waals surface area (Å²) in [5.74, 6) is -1.33. The summed E-state index contributed by atoms with van der Waals surface area (Å²) in [6.07, 6.45) is 2.92. The van der Waals surface area contributed by atoms with Crippen LogP contribution in [0.3, 0.4) is 0 Å². The standard InChI is InChI=1S/C15H9N3O3/c16-6-8-1-2-13-11(3-8)12(14(19)18-13)5-10-4-9(7-17-10)15(20)21/h1-5,7,17H,(H,18,19)(H,20,21)/b12-5-. The Morgan fingerprint density at radius 1 is 1.33 bits per heavy atom. The van der Waals surface area contributed by atoms with Crippen molar-refractivity contribution in [1.82, 2.24) is 4.98 Å². The molecule has 1 aromatic carbocycles. The minimum atomic E-state index is -1.04. The van der Waals surface area contributed by atoms with Gasteiger partial charge in [-0.25, -0.2) is 4.79 Å². The van der Waals surface area contributed by atoms with Crippen LogP contribution >= 0.6 is 0 Å². The average Bonchev–Trinajstić information content (AvgIpc) is 3.05. The molecule has 1 aliphatic rings. The average molecular weight is 279 g/mol. The zero-order chi connectivity index (χ0) is 15.0. The van der Waals surface area contributed by atoms with Gasteiger partial charge in [0.25, 0.3) is 5.91 Å². The highest BCUT2D eigenvalue weighted by Crippen LogP contribution is 2.33. The van der Waals surface area contributed by atoms with E-state index in [1.54, 1.807) is 24.3 Å². The summed E-state index contributed by atoms with van der Waals surface area (Å²) in [5, 5.41) is 20.5. The second-order valence-electron chi connectivity index (χ2n) is 4.53. The van der Waals surface area contributed by atoms with Crippen LogP contribution in [0.5, 0.6) is 0 Å². The number of aromatic nitrogens is 1. The van der Waals surface area contributed by atoms with Crippen molar-refractivity contribution in [3.05, 3.63) is 52.8 Å². The maximum atomic E-state index is 12.0. The molecule has 1 aliphatic heterocycles. The molecule has 21 heavy (non-hydrogen) atoms. The Labute approximate surface area is 119 Å². The smallest absolute Gasteiger partial charge is 0.337 e. The van der Waals surface area contributed by atoms with Crippen LogP contribution in [0.25, 0.3) is 11.6 Å². The highest BCUT2D eigenvalue weighted by atomic mass is 16.4. The van der Waals surface area contributed by atoms with Gasteiger partial charge in [-0.2, -0.15) is 5.26 Å². The lowest BCUT2D eigenvalue weighted by molar-refractivity contribution is -0.110. The molecule has 0 bridgehead atoms. The molecule has 0 unspecified atom stereocenters. The molecule has 0 radical (unpaired) electrons. The molecular weight excluding hydrogens is 270 g/mol. The molecule has 0 saturated carbocycles. The van der Waals surface area contributed by atoms with E-state index in [9.17, 15) is 9.59 Å². The number of aromatic carboxylic acids is 1. The van der Waals surface area contributed by atoms with Crippen molar-refractivity contribution in [1.29, 1.82) is 5.26 Å². The fourth-order valence-electron chi connectivity index (χ4n) is 2.18. The highest BCUT2D eigenvalue weighted by Gasteiger charge is 2.24. The number of nitrogens with one attached hydrogen (secondary N) is 2. The van der Waals surface area contributed by atoms with Crippen molar-refractivity contribution >= 4 is 29.2 Å². The number of hydrogen-bond acceptors (Lipinski definition) is 3. The molecular formula is C15H9N3O3. The number of amides is 1. The summed E-state index contributed by atoms with van der Waals surface area (Å²) in [5.41, 5.74) is 2.73. The predicted molar refractivity (Wildman–Crippen MR) is 75.4 cm³/mol. The van der Waals surface area contributed by atoms with Crippen LogP contribution < -0.4 is 5.32 Å². The van der Waals surface area contributed by atoms with Gasteiger partial charge in [0.2, 0.25) is 0 Å². The van der Waals surface area contributed by atoms with E-state index in [0.717, 1.165) is 0 Å². The van der Waals surface area contributed by atoms with Gasteiger partial charge in [0.05, 0.1) is 22.8 Å². The number of H-pyrrole nitrogens is 1. The van der Waals surface area contributed by atoms with Crippen molar-refractivity contribution in [2.45, 2.75) is 0 Å². The molecule has 0 saturated heterocycles. The quantitative estimate of drug-likeness (QED) is 0.731. The topological polar surface area (TPSA) is 106 Å². The van der Waals surface area contributed by atoms with Gasteiger partial charge in [0.15, 0.2) is 0 Å². The molecule has 6 heteroatoms. The molecule has 1 aromatic heterocycles. The molecule has 6 nitrogen and oxygen atoms in total. The summed E-state index contributed by atoms with van der Waals surface area (Å²) < 4.78 is 0. The number of carboxylic acids is 1. The van der Waals surface area contributed by atoms with Gasteiger partial charge < -0.3 is 15.4 Å². The number of carboxylic acid groups (broad SMARTS) is 1. The SMILES string of the molecule is N#Cc1ccc2c(c1)/C(=C/c1cc(C(=O)O)c[nH]1)C(=O)N2. The van der Waals surface area contributed by atoms with Gasteiger partial charge in [-0.3, -0.25) is 4.79 Å². The minimum absolute atomic E-state index is 0.117. The normalized spacial score (nSPS) is 14.6. The number of hydrogen-bond donors (Lipinski definition) is 3. The maximum Gasteiger partial charge on any atom is 0.337 e. The fourth-order valence-corrected chi connectivity index (χ4v) is 2.18. The fraction of sp³-hybridized carbons (Fsp3) is 0. The van der Waals surface area contributed by atoms with Crippen molar-refractivity contribution < 1.29 is 14.7 Å². The molecule has 0 atom stereocenters. The van der Waals surface area contributed by atoms with E-state index < -0.39 is 5.97 Å². The van der Waals surface area contributed by atoms with Gasteiger partial charge >= 0.3 is 5.97 Å². The number of nitriles is 1. The van der Waals surface area contributed by atoms with E-state index in [-0.39, 0.29) is 11.5 Å².